The molecule has 7 heteroatoms. The Morgan fingerprint density at radius 2 is 2.11 bits per heavy atom. The van der Waals surface area contributed by atoms with Crippen molar-refractivity contribution < 1.29 is 17.6 Å². The van der Waals surface area contributed by atoms with Gasteiger partial charge in [0.25, 0.3) is 0 Å². The van der Waals surface area contributed by atoms with Gasteiger partial charge in [0, 0.05) is 13.0 Å². The number of anilines is 1. The van der Waals surface area contributed by atoms with Crippen LogP contribution < -0.4 is 10.0 Å². The summed E-state index contributed by atoms with van der Waals surface area (Å²) >= 11 is 0. The second kappa shape index (κ2) is 4.33. The molecule has 1 aromatic carbocycles. The van der Waals surface area contributed by atoms with Crippen molar-refractivity contribution in [3.63, 3.8) is 0 Å². The van der Waals surface area contributed by atoms with Gasteiger partial charge in [-0.2, -0.15) is 0 Å². The summed E-state index contributed by atoms with van der Waals surface area (Å²) in [5.41, 5.74) is 0.822. The van der Waals surface area contributed by atoms with Gasteiger partial charge in [-0.1, -0.05) is 6.07 Å². The number of halogens is 1. The van der Waals surface area contributed by atoms with Gasteiger partial charge in [-0.3, -0.25) is 4.79 Å². The van der Waals surface area contributed by atoms with Crippen LogP contribution in [0.4, 0.5) is 10.1 Å². The molecular weight excluding hydrogens is 259 g/mol. The van der Waals surface area contributed by atoms with Gasteiger partial charge in [-0.15, -0.1) is 0 Å². The first-order chi connectivity index (χ1) is 8.29. The van der Waals surface area contributed by atoms with E-state index in [2.05, 4.69) is 0 Å². The fraction of sp³-hybridized carbons (Fsp3) is 0.364. The Morgan fingerprint density at radius 1 is 1.44 bits per heavy atom. The minimum Gasteiger partial charge on any atom is -0.308 e. The van der Waals surface area contributed by atoms with Gasteiger partial charge in [-0.25, -0.2) is 17.9 Å². The first-order valence-corrected chi connectivity index (χ1v) is 6.98. The third-order valence-electron chi connectivity index (χ3n) is 2.95. The number of sulfonamides is 1. The maximum atomic E-state index is 13.7. The molecule has 18 heavy (non-hydrogen) atoms. The van der Waals surface area contributed by atoms with Crippen molar-refractivity contribution in [1.29, 1.82) is 0 Å². The Labute approximate surface area is 104 Å². The second-order valence-electron chi connectivity index (χ2n) is 4.37. The molecule has 1 amide bonds. The molecule has 1 aliphatic rings. The van der Waals surface area contributed by atoms with Crippen molar-refractivity contribution >= 4 is 21.6 Å². The molecule has 1 heterocycles. The molecule has 0 radical (unpaired) electrons. The number of nitrogens with zero attached hydrogens (tertiary/aromatic N) is 1. The van der Waals surface area contributed by atoms with E-state index in [0.29, 0.717) is 0 Å². The third kappa shape index (κ3) is 2.37. The summed E-state index contributed by atoms with van der Waals surface area (Å²) in [6, 6.07) is 4.43. The van der Waals surface area contributed by atoms with Gasteiger partial charge < -0.3 is 4.90 Å². The van der Waals surface area contributed by atoms with E-state index in [-0.39, 0.29) is 18.7 Å². The molecule has 98 valence electrons. The lowest BCUT2D eigenvalue weighted by Gasteiger charge is -2.17. The van der Waals surface area contributed by atoms with Gasteiger partial charge in [0.15, 0.2) is 0 Å². The highest BCUT2D eigenvalue weighted by atomic mass is 32.2. The minimum atomic E-state index is -3.78. The van der Waals surface area contributed by atoms with Crippen molar-refractivity contribution in [3.8, 4) is 0 Å². The van der Waals surface area contributed by atoms with Gasteiger partial charge in [0.2, 0.25) is 15.9 Å². The van der Waals surface area contributed by atoms with E-state index in [1.165, 1.54) is 12.1 Å². The largest absolute Gasteiger partial charge is 0.308 e. The smallest absolute Gasteiger partial charge is 0.228 e. The number of aryl methyl sites for hydroxylation is 1. The number of amides is 1. The van der Waals surface area contributed by atoms with Crippen LogP contribution in [0.3, 0.4) is 0 Å². The van der Waals surface area contributed by atoms with Crippen LogP contribution in [0, 0.1) is 12.7 Å². The van der Waals surface area contributed by atoms with Crippen LogP contribution in [0.1, 0.15) is 12.0 Å². The summed E-state index contributed by atoms with van der Waals surface area (Å²) in [5.74, 6) is -0.977. The lowest BCUT2D eigenvalue weighted by Crippen LogP contribution is -2.32. The molecule has 1 aliphatic heterocycles. The van der Waals surface area contributed by atoms with Crippen LogP contribution in [0.25, 0.3) is 0 Å². The van der Waals surface area contributed by atoms with Crippen LogP contribution in [0.2, 0.25) is 0 Å². The van der Waals surface area contributed by atoms with Crippen molar-refractivity contribution in [2.75, 3.05) is 11.4 Å². The second-order valence-corrected chi connectivity index (χ2v) is 6.22. The molecule has 1 fully saturated rings. The van der Waals surface area contributed by atoms with Crippen LogP contribution in [0.15, 0.2) is 18.2 Å². The molecule has 5 nitrogen and oxygen atoms in total. The molecule has 0 spiro atoms. The molecular formula is C11H13FN2O3S. The number of carbonyl (C=O) groups is 1. The highest BCUT2D eigenvalue weighted by molar-refractivity contribution is 7.89. The number of rotatable bonds is 2. The van der Waals surface area contributed by atoms with Gasteiger partial charge >= 0.3 is 0 Å². The fourth-order valence-corrected chi connectivity index (χ4v) is 2.69. The normalized spacial score (nSPS) is 20.5. The van der Waals surface area contributed by atoms with E-state index >= 15 is 0 Å². The van der Waals surface area contributed by atoms with Crippen LogP contribution in [-0.2, 0) is 14.8 Å². The fourth-order valence-electron chi connectivity index (χ4n) is 1.96. The van der Waals surface area contributed by atoms with Gasteiger partial charge in [0.05, 0.1) is 5.69 Å². The molecule has 1 unspecified atom stereocenters. The van der Waals surface area contributed by atoms with E-state index in [1.54, 1.807) is 13.0 Å². The summed E-state index contributed by atoms with van der Waals surface area (Å²) < 4.78 is 36.1. The van der Waals surface area contributed by atoms with E-state index in [0.717, 1.165) is 10.5 Å². The summed E-state index contributed by atoms with van der Waals surface area (Å²) in [7, 11) is -3.78. The molecule has 0 bridgehead atoms. The average Bonchev–Trinajstić information content (AvgIpc) is 2.60. The number of hydrogen-bond acceptors (Lipinski definition) is 3. The molecule has 1 atom stereocenters. The number of carbonyl (C=O) groups excluding carboxylic acids is 1. The Bertz CT molecular complexity index is 600. The van der Waals surface area contributed by atoms with Crippen molar-refractivity contribution in [1.82, 2.24) is 0 Å². The quantitative estimate of drug-likeness (QED) is 0.852. The number of benzene rings is 1. The highest BCUT2D eigenvalue weighted by Gasteiger charge is 2.37. The number of primary sulfonamides is 1. The first kappa shape index (κ1) is 13.0. The van der Waals surface area contributed by atoms with Crippen LogP contribution in [-0.4, -0.2) is 26.1 Å². The lowest BCUT2D eigenvalue weighted by molar-refractivity contribution is -0.117. The van der Waals surface area contributed by atoms with E-state index in [1.807, 2.05) is 0 Å². The zero-order valence-electron chi connectivity index (χ0n) is 9.76. The first-order valence-electron chi connectivity index (χ1n) is 5.37. The molecule has 0 aromatic heterocycles. The van der Waals surface area contributed by atoms with E-state index < -0.39 is 27.0 Å². The van der Waals surface area contributed by atoms with Crippen LogP contribution >= 0.6 is 0 Å². The average molecular weight is 272 g/mol. The summed E-state index contributed by atoms with van der Waals surface area (Å²) in [6.07, 6.45) is -0.202. The van der Waals surface area contributed by atoms with Gasteiger partial charge in [0.1, 0.15) is 11.1 Å². The Balaban J connectivity index is 2.33. The van der Waals surface area contributed by atoms with E-state index in [4.69, 9.17) is 5.14 Å². The van der Waals surface area contributed by atoms with E-state index in [9.17, 15) is 17.6 Å². The maximum absolute atomic E-state index is 13.7. The summed E-state index contributed by atoms with van der Waals surface area (Å²) in [4.78, 5) is 12.8. The lowest BCUT2D eigenvalue weighted by atomic mass is 10.2. The monoisotopic (exact) mass is 272 g/mol. The zero-order valence-corrected chi connectivity index (χ0v) is 10.6. The van der Waals surface area contributed by atoms with Crippen molar-refractivity contribution in [2.45, 2.75) is 18.6 Å². The minimum absolute atomic E-state index is 0.0942. The molecule has 0 aliphatic carbocycles. The van der Waals surface area contributed by atoms with Crippen molar-refractivity contribution in [3.05, 3.63) is 29.6 Å². The van der Waals surface area contributed by atoms with Gasteiger partial charge in [-0.05, 0) is 24.6 Å². The Hall–Kier alpha value is -1.47. The molecule has 2 N–H and O–H groups in total. The molecule has 1 aromatic rings. The molecule has 2 rings (SSSR count). The Morgan fingerprint density at radius 3 is 2.61 bits per heavy atom. The zero-order chi connectivity index (χ0) is 13.5. The predicted molar refractivity (Wildman–Crippen MR) is 65.0 cm³/mol. The highest BCUT2D eigenvalue weighted by Crippen LogP contribution is 2.27. The van der Waals surface area contributed by atoms with Crippen LogP contribution in [0.5, 0.6) is 0 Å². The maximum Gasteiger partial charge on any atom is 0.228 e. The predicted octanol–water partition coefficient (Wildman–Crippen LogP) is 0.528. The number of nitrogens with two attached hydrogens (primary N) is 1. The number of hydrogen-bond donors (Lipinski definition) is 1. The standard InChI is InChI=1S/C11H13FN2O3S/c1-7-2-3-10(9(12)4-7)14-6-8(5-11(14)15)18(13,16)17/h2-4,8H,5-6H2,1H3,(H2,13,16,17). The third-order valence-corrected chi connectivity index (χ3v) is 4.19. The molecule has 1 saturated heterocycles. The molecule has 0 saturated carbocycles. The topological polar surface area (TPSA) is 80.5 Å². The summed E-state index contributed by atoms with van der Waals surface area (Å²) in [5, 5.41) is 4.04. The Kier molecular flexibility index (Phi) is 3.12. The summed E-state index contributed by atoms with van der Waals surface area (Å²) in [6.45, 7) is 1.63. The SMILES string of the molecule is Cc1ccc(N2CC(S(N)(=O)=O)CC2=O)c(F)c1. The van der Waals surface area contributed by atoms with Crippen molar-refractivity contribution in [2.24, 2.45) is 5.14 Å².